The maximum atomic E-state index is 11.8. The molecule has 1 aliphatic rings. The molecule has 1 aliphatic heterocycles. The zero-order chi connectivity index (χ0) is 16.5. The average molecular weight is 324 g/mol. The Kier molecular flexibility index (Phi) is 7.06. The monoisotopic (exact) mass is 324 g/mol. The molecule has 0 N–H and O–H groups in total. The summed E-state index contributed by atoms with van der Waals surface area (Å²) in [5.41, 5.74) is 0. The van der Waals surface area contributed by atoms with Crippen molar-refractivity contribution >= 4 is 11.9 Å². The molecule has 0 aromatic carbocycles. The van der Waals surface area contributed by atoms with Crippen LogP contribution in [0.3, 0.4) is 0 Å². The third kappa shape index (κ3) is 5.67. The maximum absolute atomic E-state index is 11.8. The first-order valence-electron chi connectivity index (χ1n) is 8.04. The Labute approximate surface area is 135 Å². The largest absolute Gasteiger partial charge is 0.447 e. The predicted molar refractivity (Wildman–Crippen MR) is 82.2 cm³/mol. The highest BCUT2D eigenvalue weighted by Crippen LogP contribution is 2.23. The fraction of sp³-hybridized carbons (Fsp3) is 0.688. The Balaban J connectivity index is 1.59. The number of hydrogen-bond acceptors (Lipinski definition) is 6. The highest BCUT2D eigenvalue weighted by molar-refractivity contribution is 5.91. The summed E-state index contributed by atoms with van der Waals surface area (Å²) in [7, 11) is 1.58. The Hall–Kier alpha value is -1.89. The van der Waals surface area contributed by atoms with Gasteiger partial charge in [-0.25, -0.2) is 9.78 Å². The van der Waals surface area contributed by atoms with E-state index in [0.29, 0.717) is 32.0 Å². The fourth-order valence-corrected chi connectivity index (χ4v) is 2.73. The summed E-state index contributed by atoms with van der Waals surface area (Å²) in [5.74, 6) is 0.697. The lowest BCUT2D eigenvalue weighted by Crippen LogP contribution is -2.39. The van der Waals surface area contributed by atoms with Gasteiger partial charge >= 0.3 is 6.09 Å². The number of carbonyl (C=O) groups is 2. The van der Waals surface area contributed by atoms with Gasteiger partial charge in [0.05, 0.1) is 12.8 Å². The Morgan fingerprint density at radius 2 is 2.13 bits per heavy atom. The second kappa shape index (κ2) is 9.29. The number of ketones is 1. The molecule has 2 heterocycles. The summed E-state index contributed by atoms with van der Waals surface area (Å²) in [6.45, 7) is 2.13. The number of hydrogen-bond donors (Lipinski definition) is 0. The Bertz CT molecular complexity index is 481. The lowest BCUT2D eigenvalue weighted by molar-refractivity contribution is 0.0623. The Morgan fingerprint density at radius 1 is 1.35 bits per heavy atom. The number of rotatable bonds is 8. The number of amides is 1. The van der Waals surface area contributed by atoms with Gasteiger partial charge in [-0.1, -0.05) is 0 Å². The molecule has 23 heavy (non-hydrogen) atoms. The molecule has 0 radical (unpaired) electrons. The van der Waals surface area contributed by atoms with Crippen LogP contribution in [-0.4, -0.2) is 55.2 Å². The van der Waals surface area contributed by atoms with Crippen LogP contribution in [-0.2, 0) is 9.47 Å². The van der Waals surface area contributed by atoms with E-state index >= 15 is 0 Å². The quantitative estimate of drug-likeness (QED) is 0.540. The molecule has 2 rings (SSSR count). The van der Waals surface area contributed by atoms with Crippen molar-refractivity contribution in [2.45, 2.75) is 32.1 Å². The number of oxazole rings is 1. The van der Waals surface area contributed by atoms with Crippen LogP contribution in [0.2, 0.25) is 0 Å². The SMILES string of the molecule is COCCOC(=O)N1CCC(CCCC(=O)c2ncco2)CC1. The van der Waals surface area contributed by atoms with Crippen molar-refractivity contribution in [3.63, 3.8) is 0 Å². The summed E-state index contributed by atoms with van der Waals surface area (Å²) in [6.07, 6.45) is 6.80. The van der Waals surface area contributed by atoms with E-state index in [1.807, 2.05) is 0 Å². The zero-order valence-corrected chi connectivity index (χ0v) is 13.5. The molecule has 7 nitrogen and oxygen atoms in total. The molecule has 7 heteroatoms. The van der Waals surface area contributed by atoms with Crippen molar-refractivity contribution in [2.24, 2.45) is 5.92 Å². The molecule has 1 fully saturated rings. The van der Waals surface area contributed by atoms with Crippen molar-refractivity contribution in [3.8, 4) is 0 Å². The summed E-state index contributed by atoms with van der Waals surface area (Å²) in [6, 6.07) is 0. The number of likely N-dealkylation sites (tertiary alicyclic amines) is 1. The van der Waals surface area contributed by atoms with E-state index in [2.05, 4.69) is 4.98 Å². The van der Waals surface area contributed by atoms with Crippen LogP contribution < -0.4 is 0 Å². The molecule has 0 atom stereocenters. The van der Waals surface area contributed by atoms with Crippen molar-refractivity contribution in [1.29, 1.82) is 0 Å². The smallest absolute Gasteiger partial charge is 0.409 e. The van der Waals surface area contributed by atoms with E-state index < -0.39 is 0 Å². The molecule has 0 saturated carbocycles. The van der Waals surface area contributed by atoms with Crippen molar-refractivity contribution in [1.82, 2.24) is 9.88 Å². The van der Waals surface area contributed by atoms with Crippen LogP contribution in [0, 0.1) is 5.92 Å². The molecular formula is C16H24N2O5. The summed E-state index contributed by atoms with van der Waals surface area (Å²) in [4.78, 5) is 29.2. The van der Waals surface area contributed by atoms with Crippen LogP contribution in [0.1, 0.15) is 42.8 Å². The molecular weight excluding hydrogens is 300 g/mol. The minimum Gasteiger partial charge on any atom is -0.447 e. The second-order valence-corrected chi connectivity index (χ2v) is 5.69. The van der Waals surface area contributed by atoms with Gasteiger partial charge in [0, 0.05) is 26.6 Å². The van der Waals surface area contributed by atoms with Crippen molar-refractivity contribution in [3.05, 3.63) is 18.4 Å². The minimum atomic E-state index is -0.264. The number of methoxy groups -OCH3 is 1. The lowest BCUT2D eigenvalue weighted by atomic mass is 9.91. The van der Waals surface area contributed by atoms with Gasteiger partial charge in [-0.15, -0.1) is 0 Å². The fourth-order valence-electron chi connectivity index (χ4n) is 2.73. The van der Waals surface area contributed by atoms with Gasteiger partial charge in [0.2, 0.25) is 5.78 Å². The third-order valence-corrected chi connectivity index (χ3v) is 4.07. The standard InChI is InChI=1S/C16H24N2O5/c1-21-11-12-23-16(20)18-8-5-13(6-9-18)3-2-4-14(19)15-17-7-10-22-15/h7,10,13H,2-6,8-9,11-12H2,1H3. The van der Waals surface area contributed by atoms with E-state index in [-0.39, 0.29) is 24.4 Å². The van der Waals surface area contributed by atoms with E-state index in [0.717, 1.165) is 25.7 Å². The number of nitrogens with zero attached hydrogens (tertiary/aromatic N) is 2. The molecule has 0 unspecified atom stereocenters. The van der Waals surface area contributed by atoms with E-state index in [9.17, 15) is 9.59 Å². The van der Waals surface area contributed by atoms with Gasteiger partial charge in [0.15, 0.2) is 0 Å². The molecule has 0 spiro atoms. The van der Waals surface area contributed by atoms with Crippen LogP contribution in [0.4, 0.5) is 4.79 Å². The number of ether oxygens (including phenoxy) is 2. The molecule has 0 aliphatic carbocycles. The van der Waals surface area contributed by atoms with Crippen molar-refractivity contribution in [2.75, 3.05) is 33.4 Å². The lowest BCUT2D eigenvalue weighted by Gasteiger charge is -2.31. The minimum absolute atomic E-state index is 0.0471. The third-order valence-electron chi connectivity index (χ3n) is 4.07. The first-order chi connectivity index (χ1) is 11.2. The first-order valence-corrected chi connectivity index (χ1v) is 8.04. The molecule has 1 aromatic heterocycles. The molecule has 128 valence electrons. The number of carbonyl (C=O) groups excluding carboxylic acids is 2. The predicted octanol–water partition coefficient (Wildman–Crippen LogP) is 2.52. The van der Waals surface area contributed by atoms with Gasteiger partial charge in [0.1, 0.15) is 12.9 Å². The number of Topliss-reactive ketones (excluding diaryl/α,β-unsaturated/α-hetero) is 1. The van der Waals surface area contributed by atoms with E-state index in [1.165, 1.54) is 12.5 Å². The Morgan fingerprint density at radius 3 is 2.78 bits per heavy atom. The number of aromatic nitrogens is 1. The van der Waals surface area contributed by atoms with Crippen molar-refractivity contribution < 1.29 is 23.5 Å². The summed E-state index contributed by atoms with van der Waals surface area (Å²) < 4.78 is 15.0. The molecule has 1 amide bonds. The summed E-state index contributed by atoms with van der Waals surface area (Å²) in [5, 5.41) is 0. The first kappa shape index (κ1) is 17.5. The molecule has 0 bridgehead atoms. The van der Waals surface area contributed by atoms with Gasteiger partial charge in [-0.3, -0.25) is 4.79 Å². The van der Waals surface area contributed by atoms with Gasteiger partial charge in [-0.05, 0) is 31.6 Å². The zero-order valence-electron chi connectivity index (χ0n) is 13.5. The van der Waals surface area contributed by atoms with Gasteiger partial charge < -0.3 is 18.8 Å². The van der Waals surface area contributed by atoms with Crippen LogP contribution >= 0.6 is 0 Å². The van der Waals surface area contributed by atoms with E-state index in [4.69, 9.17) is 13.9 Å². The maximum Gasteiger partial charge on any atom is 0.409 e. The van der Waals surface area contributed by atoms with Crippen LogP contribution in [0.15, 0.2) is 16.9 Å². The molecule has 1 saturated heterocycles. The normalized spacial score (nSPS) is 15.6. The highest BCUT2D eigenvalue weighted by Gasteiger charge is 2.23. The van der Waals surface area contributed by atoms with Gasteiger partial charge in [0.25, 0.3) is 5.89 Å². The van der Waals surface area contributed by atoms with Gasteiger partial charge in [-0.2, -0.15) is 0 Å². The second-order valence-electron chi connectivity index (χ2n) is 5.69. The average Bonchev–Trinajstić information content (AvgIpc) is 3.10. The van der Waals surface area contributed by atoms with Crippen LogP contribution in [0.5, 0.6) is 0 Å². The highest BCUT2D eigenvalue weighted by atomic mass is 16.6. The summed E-state index contributed by atoms with van der Waals surface area (Å²) >= 11 is 0. The topological polar surface area (TPSA) is 81.9 Å². The molecule has 1 aromatic rings. The van der Waals surface area contributed by atoms with Crippen LogP contribution in [0.25, 0.3) is 0 Å². The number of piperidine rings is 1. The van der Waals surface area contributed by atoms with E-state index in [1.54, 1.807) is 12.0 Å².